The Morgan fingerprint density at radius 2 is 2.33 bits per heavy atom. The van der Waals surface area contributed by atoms with Crippen LogP contribution < -0.4 is 0 Å². The van der Waals surface area contributed by atoms with Gasteiger partial charge in [-0.25, -0.2) is 0 Å². The van der Waals surface area contributed by atoms with Crippen LogP contribution in [0.1, 0.15) is 13.3 Å². The summed E-state index contributed by atoms with van der Waals surface area (Å²) in [5, 5.41) is 1.61. The second kappa shape index (κ2) is 4.00. The summed E-state index contributed by atoms with van der Waals surface area (Å²) in [6.45, 7) is 2.09. The summed E-state index contributed by atoms with van der Waals surface area (Å²) >= 11 is 7.45. The summed E-state index contributed by atoms with van der Waals surface area (Å²) in [4.78, 5) is 0. The van der Waals surface area contributed by atoms with Crippen LogP contribution in [-0.4, -0.2) is 10.6 Å². The molecule has 0 heterocycles. The van der Waals surface area contributed by atoms with Crippen molar-refractivity contribution in [1.82, 2.24) is 0 Å². The molecule has 0 amide bonds. The third-order valence-corrected chi connectivity index (χ3v) is 1.24. The Balaban J connectivity index is 2.63. The molecule has 38 valence electrons. The molecule has 0 aromatic carbocycles. The molecule has 1 atom stereocenters. The van der Waals surface area contributed by atoms with E-state index < -0.39 is 0 Å². The lowest BCUT2D eigenvalue weighted by molar-refractivity contribution is 0.930. The Bertz CT molecular complexity index is 28.7. The molecule has 0 fully saturated rings. The molecule has 0 aliphatic carbocycles. The van der Waals surface area contributed by atoms with Crippen molar-refractivity contribution in [1.29, 1.82) is 0 Å². The van der Waals surface area contributed by atoms with E-state index in [-0.39, 0.29) is 0 Å². The molecular weight excluding hydrogens is 160 g/mol. The molecule has 0 saturated heterocycles. The van der Waals surface area contributed by atoms with E-state index in [2.05, 4.69) is 35.5 Å². The summed E-state index contributed by atoms with van der Waals surface area (Å²) in [6, 6.07) is 0. The maximum Gasteiger partial charge on any atom is 0.00416 e. The average molecular weight is 169 g/mol. The zero-order valence-corrected chi connectivity index (χ0v) is 6.30. The molecule has 0 aliphatic heterocycles. The van der Waals surface area contributed by atoms with Gasteiger partial charge in [-0.15, -0.1) is 0 Å². The van der Waals surface area contributed by atoms with Crippen LogP contribution in [0.3, 0.4) is 0 Å². The van der Waals surface area contributed by atoms with Crippen LogP contribution in [0.15, 0.2) is 0 Å². The highest BCUT2D eigenvalue weighted by Gasteiger charge is 1.87. The minimum absolute atomic E-state index is 0.546. The Morgan fingerprint density at radius 1 is 1.83 bits per heavy atom. The van der Waals surface area contributed by atoms with E-state index in [1.165, 1.54) is 0 Å². The highest BCUT2D eigenvalue weighted by atomic mass is 79.9. The van der Waals surface area contributed by atoms with E-state index in [0.717, 1.165) is 11.8 Å². The van der Waals surface area contributed by atoms with Crippen molar-refractivity contribution in [2.75, 3.05) is 5.33 Å². The number of hydrogen-bond acceptors (Lipinski definition) is 1. The summed E-state index contributed by atoms with van der Waals surface area (Å²) in [5.74, 6) is 0. The Morgan fingerprint density at radius 3 is 2.33 bits per heavy atom. The first kappa shape index (κ1) is 6.83. The van der Waals surface area contributed by atoms with E-state index in [9.17, 15) is 0 Å². The van der Waals surface area contributed by atoms with Crippen molar-refractivity contribution in [3.05, 3.63) is 0 Å². The van der Waals surface area contributed by atoms with Gasteiger partial charge < -0.3 is 0 Å². The van der Waals surface area contributed by atoms with Gasteiger partial charge in [0.25, 0.3) is 0 Å². The summed E-state index contributed by atoms with van der Waals surface area (Å²) in [6.07, 6.45) is 1.16. The molecule has 0 rings (SSSR count). The topological polar surface area (TPSA) is 0 Å². The second-order valence-electron chi connectivity index (χ2n) is 1.33. The van der Waals surface area contributed by atoms with Gasteiger partial charge in [0, 0.05) is 5.33 Å². The number of hydrogen-bond donors (Lipinski definition) is 1. The van der Waals surface area contributed by atoms with Crippen molar-refractivity contribution >= 4 is 28.6 Å². The highest BCUT2D eigenvalue weighted by Crippen LogP contribution is 2.00. The van der Waals surface area contributed by atoms with Crippen LogP contribution in [-0.2, 0) is 0 Å². The molecule has 0 nitrogen and oxygen atoms in total. The zero-order chi connectivity index (χ0) is 4.99. The standard InChI is InChI=1S/C4H9BrS/c1-4(6)2-3-5/h4,6H,2-3H2,1H3/t4-/m0/s1. The van der Waals surface area contributed by atoms with E-state index in [1.807, 2.05) is 0 Å². The van der Waals surface area contributed by atoms with Crippen LogP contribution in [0.4, 0.5) is 0 Å². The van der Waals surface area contributed by atoms with E-state index >= 15 is 0 Å². The fourth-order valence-corrected chi connectivity index (χ4v) is 1.33. The lowest BCUT2D eigenvalue weighted by Gasteiger charge is -1.94. The number of halogens is 1. The van der Waals surface area contributed by atoms with Gasteiger partial charge in [0.05, 0.1) is 0 Å². The fourth-order valence-electron chi connectivity index (χ4n) is 0.158. The molecule has 0 N–H and O–H groups in total. The largest absolute Gasteiger partial charge is 0.176 e. The maximum absolute atomic E-state index is 4.15. The normalized spacial score (nSPS) is 14.5. The Hall–Kier alpha value is 0.830. The number of thiol groups is 1. The first-order valence-electron chi connectivity index (χ1n) is 2.01. The van der Waals surface area contributed by atoms with Crippen LogP contribution in [0.2, 0.25) is 0 Å². The first-order chi connectivity index (χ1) is 2.77. The smallest absolute Gasteiger partial charge is 0.00416 e. The monoisotopic (exact) mass is 168 g/mol. The van der Waals surface area contributed by atoms with Crippen molar-refractivity contribution in [2.24, 2.45) is 0 Å². The van der Waals surface area contributed by atoms with Crippen molar-refractivity contribution in [3.63, 3.8) is 0 Å². The van der Waals surface area contributed by atoms with E-state index in [1.54, 1.807) is 0 Å². The zero-order valence-electron chi connectivity index (χ0n) is 3.82. The SMILES string of the molecule is C[C@H](S)CCBr. The summed E-state index contributed by atoms with van der Waals surface area (Å²) in [7, 11) is 0. The van der Waals surface area contributed by atoms with Gasteiger partial charge >= 0.3 is 0 Å². The van der Waals surface area contributed by atoms with Crippen LogP contribution in [0, 0.1) is 0 Å². The van der Waals surface area contributed by atoms with Crippen molar-refractivity contribution < 1.29 is 0 Å². The quantitative estimate of drug-likeness (QED) is 0.474. The first-order valence-corrected chi connectivity index (χ1v) is 3.65. The van der Waals surface area contributed by atoms with Gasteiger partial charge in [0.1, 0.15) is 0 Å². The van der Waals surface area contributed by atoms with Gasteiger partial charge in [0.15, 0.2) is 0 Å². The lowest BCUT2D eigenvalue weighted by atomic mass is 10.4. The Labute approximate surface area is 52.9 Å². The second-order valence-corrected chi connectivity index (χ2v) is 3.00. The van der Waals surface area contributed by atoms with Gasteiger partial charge in [-0.05, 0) is 11.7 Å². The maximum atomic E-state index is 4.15. The lowest BCUT2D eigenvalue weighted by Crippen LogP contribution is -1.88. The number of rotatable bonds is 2. The third kappa shape index (κ3) is 4.83. The predicted octanol–water partition coefficient (Wildman–Crippen LogP) is 2.09. The van der Waals surface area contributed by atoms with Crippen molar-refractivity contribution in [2.45, 2.75) is 18.6 Å². The van der Waals surface area contributed by atoms with Gasteiger partial charge in [0.2, 0.25) is 0 Å². The van der Waals surface area contributed by atoms with Crippen LogP contribution in [0.5, 0.6) is 0 Å². The molecule has 2 heteroatoms. The van der Waals surface area contributed by atoms with Crippen LogP contribution >= 0.6 is 28.6 Å². The molecular formula is C4H9BrS. The summed E-state index contributed by atoms with van der Waals surface area (Å²) in [5.41, 5.74) is 0. The molecule has 0 aromatic heterocycles. The Kier molecular flexibility index (Phi) is 4.56. The molecule has 0 aliphatic rings. The molecule has 0 radical (unpaired) electrons. The van der Waals surface area contributed by atoms with Gasteiger partial charge in [-0.1, -0.05) is 22.9 Å². The molecule has 0 unspecified atom stereocenters. The van der Waals surface area contributed by atoms with Gasteiger partial charge in [-0.3, -0.25) is 0 Å². The van der Waals surface area contributed by atoms with Crippen molar-refractivity contribution in [3.8, 4) is 0 Å². The predicted molar refractivity (Wildman–Crippen MR) is 36.9 cm³/mol. The highest BCUT2D eigenvalue weighted by molar-refractivity contribution is 9.09. The minimum Gasteiger partial charge on any atom is -0.176 e. The van der Waals surface area contributed by atoms with E-state index in [0.29, 0.717) is 5.25 Å². The molecule has 0 saturated carbocycles. The average Bonchev–Trinajstić information content (AvgIpc) is 1.35. The third-order valence-electron chi connectivity index (χ3n) is 0.527. The molecule has 6 heavy (non-hydrogen) atoms. The minimum atomic E-state index is 0.546. The number of alkyl halides is 1. The van der Waals surface area contributed by atoms with Crippen LogP contribution in [0.25, 0.3) is 0 Å². The molecule has 0 aromatic rings. The molecule has 0 spiro atoms. The summed E-state index contributed by atoms with van der Waals surface area (Å²) < 4.78 is 0. The molecule has 0 bridgehead atoms. The fraction of sp³-hybridized carbons (Fsp3) is 1.00. The van der Waals surface area contributed by atoms with Gasteiger partial charge in [-0.2, -0.15) is 12.6 Å². The van der Waals surface area contributed by atoms with E-state index in [4.69, 9.17) is 0 Å².